The van der Waals surface area contributed by atoms with E-state index in [4.69, 9.17) is 9.47 Å². The number of fused-ring (bicyclic) bond motifs is 3. The summed E-state index contributed by atoms with van der Waals surface area (Å²) in [5.74, 6) is 1.77. The molecule has 1 aromatic carbocycles. The Morgan fingerprint density at radius 3 is 2.87 bits per heavy atom. The highest BCUT2D eigenvalue weighted by Crippen LogP contribution is 2.41. The van der Waals surface area contributed by atoms with Crippen LogP contribution in [0.1, 0.15) is 22.7 Å². The molecule has 1 N–H and O–H groups in total. The van der Waals surface area contributed by atoms with Crippen LogP contribution in [-0.4, -0.2) is 32.8 Å². The van der Waals surface area contributed by atoms with E-state index in [0.717, 1.165) is 28.3 Å². The average Bonchev–Trinajstić information content (AvgIpc) is 3.39. The summed E-state index contributed by atoms with van der Waals surface area (Å²) in [7, 11) is 0. The van der Waals surface area contributed by atoms with Gasteiger partial charge in [-0.05, 0) is 37.3 Å². The Morgan fingerprint density at radius 1 is 1.13 bits per heavy atom. The summed E-state index contributed by atoms with van der Waals surface area (Å²) < 4.78 is 28.5. The third-order valence-electron chi connectivity index (χ3n) is 5.68. The highest BCUT2D eigenvalue weighted by atomic mass is 19.1. The number of ether oxygens (including phenoxy) is 2. The molecule has 8 heteroatoms. The number of nitrogens with zero attached hydrogens (tertiary/aromatic N) is 4. The van der Waals surface area contributed by atoms with E-state index in [1.165, 1.54) is 6.07 Å². The molecule has 0 fully saturated rings. The number of rotatable bonds is 1. The van der Waals surface area contributed by atoms with E-state index in [1.807, 2.05) is 35.6 Å². The van der Waals surface area contributed by atoms with Gasteiger partial charge < -0.3 is 14.8 Å². The Hall–Kier alpha value is -3.68. The van der Waals surface area contributed by atoms with Crippen molar-refractivity contribution < 1.29 is 13.9 Å². The third kappa shape index (κ3) is 2.53. The largest absolute Gasteiger partial charge is 0.493 e. The third-order valence-corrected chi connectivity index (χ3v) is 5.68. The number of benzene rings is 1. The molecule has 0 saturated heterocycles. The van der Waals surface area contributed by atoms with Crippen LogP contribution in [0, 0.1) is 12.7 Å². The quantitative estimate of drug-likeness (QED) is 0.522. The van der Waals surface area contributed by atoms with Crippen LogP contribution in [0.25, 0.3) is 16.9 Å². The van der Waals surface area contributed by atoms with Crippen molar-refractivity contribution in [3.63, 3.8) is 0 Å². The second kappa shape index (κ2) is 6.41. The Balaban J connectivity index is 1.52. The standard InChI is InChI=1S/C22H18FN5O2/c1-12-3-2-4-17(26-12)14-7-19-22(28-11-25-27-21(14)28)24-8-15-16(23)5-6-18-20(15)13(9-29-18)10-30-19/h2-7,11,13,24H,8-10H2,1H3. The van der Waals surface area contributed by atoms with Gasteiger partial charge in [0.15, 0.2) is 17.2 Å². The fourth-order valence-corrected chi connectivity index (χ4v) is 4.27. The minimum absolute atomic E-state index is 0.0318. The number of pyridine rings is 2. The Labute approximate surface area is 171 Å². The van der Waals surface area contributed by atoms with Crippen LogP contribution in [-0.2, 0) is 6.54 Å². The Kier molecular flexibility index (Phi) is 3.68. The van der Waals surface area contributed by atoms with Gasteiger partial charge in [0.2, 0.25) is 0 Å². The molecule has 3 aromatic heterocycles. The number of halogens is 1. The van der Waals surface area contributed by atoms with Crippen LogP contribution < -0.4 is 14.8 Å². The predicted octanol–water partition coefficient (Wildman–Crippen LogP) is 3.72. The van der Waals surface area contributed by atoms with Gasteiger partial charge in [-0.1, -0.05) is 6.07 Å². The second-order valence-electron chi connectivity index (χ2n) is 7.57. The van der Waals surface area contributed by atoms with Gasteiger partial charge in [0.05, 0.1) is 24.8 Å². The smallest absolute Gasteiger partial charge is 0.171 e. The summed E-state index contributed by atoms with van der Waals surface area (Å²) in [6, 6.07) is 10.9. The lowest BCUT2D eigenvalue weighted by Gasteiger charge is -2.16. The number of aromatic nitrogens is 4. The van der Waals surface area contributed by atoms with Crippen LogP contribution in [0.15, 0.2) is 42.7 Å². The summed E-state index contributed by atoms with van der Waals surface area (Å²) in [5.41, 5.74) is 4.68. The van der Waals surface area contributed by atoms with Crippen LogP contribution in [0.3, 0.4) is 0 Å². The molecule has 30 heavy (non-hydrogen) atoms. The molecule has 0 spiro atoms. The van der Waals surface area contributed by atoms with Crippen molar-refractivity contribution in [2.75, 3.05) is 18.5 Å². The molecule has 0 radical (unpaired) electrons. The lowest BCUT2D eigenvalue weighted by atomic mass is 9.96. The van der Waals surface area contributed by atoms with E-state index in [1.54, 1.807) is 12.4 Å². The zero-order chi connectivity index (χ0) is 20.2. The lowest BCUT2D eigenvalue weighted by molar-refractivity contribution is 0.249. The van der Waals surface area contributed by atoms with Gasteiger partial charge in [0.1, 0.15) is 17.9 Å². The van der Waals surface area contributed by atoms with Crippen molar-refractivity contribution in [1.29, 1.82) is 0 Å². The van der Waals surface area contributed by atoms with Crippen molar-refractivity contribution in [2.24, 2.45) is 0 Å². The van der Waals surface area contributed by atoms with Gasteiger partial charge >= 0.3 is 0 Å². The second-order valence-corrected chi connectivity index (χ2v) is 7.57. The molecule has 2 aliphatic heterocycles. The highest BCUT2D eigenvalue weighted by molar-refractivity contribution is 5.80. The number of aryl methyl sites for hydroxylation is 1. The Bertz CT molecular complexity index is 1300. The van der Waals surface area contributed by atoms with Crippen molar-refractivity contribution in [1.82, 2.24) is 19.6 Å². The monoisotopic (exact) mass is 403 g/mol. The van der Waals surface area contributed by atoms with Crippen LogP contribution in [0.5, 0.6) is 11.5 Å². The molecule has 4 aromatic rings. The fourth-order valence-electron chi connectivity index (χ4n) is 4.27. The van der Waals surface area contributed by atoms with Gasteiger partial charge in [-0.15, -0.1) is 10.2 Å². The summed E-state index contributed by atoms with van der Waals surface area (Å²) in [6.45, 7) is 3.11. The van der Waals surface area contributed by atoms with E-state index in [-0.39, 0.29) is 11.7 Å². The normalized spacial score (nSPS) is 17.1. The zero-order valence-corrected chi connectivity index (χ0v) is 16.2. The molecule has 2 aliphatic rings. The van der Waals surface area contributed by atoms with E-state index in [0.29, 0.717) is 42.5 Å². The summed E-state index contributed by atoms with van der Waals surface area (Å²) in [6.07, 6.45) is 1.63. The molecule has 0 bridgehead atoms. The van der Waals surface area contributed by atoms with Crippen molar-refractivity contribution in [3.8, 4) is 22.8 Å². The maximum atomic E-state index is 14.7. The summed E-state index contributed by atoms with van der Waals surface area (Å²) >= 11 is 0. The van der Waals surface area contributed by atoms with Gasteiger partial charge in [0.25, 0.3) is 0 Å². The van der Waals surface area contributed by atoms with E-state index in [9.17, 15) is 4.39 Å². The van der Waals surface area contributed by atoms with Crippen LogP contribution >= 0.6 is 0 Å². The molecule has 150 valence electrons. The SMILES string of the molecule is Cc1cccc(-c2cc3c(n4cnnc24)NCc2c(F)ccc4c2C(CO4)CO3)n1. The first-order valence-corrected chi connectivity index (χ1v) is 9.80. The Morgan fingerprint density at radius 2 is 2.00 bits per heavy atom. The van der Waals surface area contributed by atoms with Crippen LogP contribution in [0.4, 0.5) is 10.2 Å². The minimum Gasteiger partial charge on any atom is -0.493 e. The molecule has 0 amide bonds. The van der Waals surface area contributed by atoms with Crippen LogP contribution in [0.2, 0.25) is 0 Å². The first-order chi connectivity index (χ1) is 14.7. The molecular formula is C22H18FN5O2. The topological polar surface area (TPSA) is 73.6 Å². The van der Waals surface area contributed by atoms with Gasteiger partial charge in [-0.25, -0.2) is 4.39 Å². The molecular weight excluding hydrogens is 385 g/mol. The van der Waals surface area contributed by atoms with E-state index < -0.39 is 0 Å². The van der Waals surface area contributed by atoms with E-state index in [2.05, 4.69) is 20.5 Å². The molecule has 1 unspecified atom stereocenters. The molecule has 0 saturated carbocycles. The maximum absolute atomic E-state index is 14.7. The summed E-state index contributed by atoms with van der Waals surface area (Å²) in [5, 5.41) is 11.7. The van der Waals surface area contributed by atoms with Gasteiger partial charge in [0, 0.05) is 28.9 Å². The maximum Gasteiger partial charge on any atom is 0.171 e. The van der Waals surface area contributed by atoms with Crippen molar-refractivity contribution >= 4 is 11.5 Å². The van der Waals surface area contributed by atoms with Crippen molar-refractivity contribution in [2.45, 2.75) is 19.4 Å². The van der Waals surface area contributed by atoms with Gasteiger partial charge in [-0.3, -0.25) is 9.38 Å². The first-order valence-electron chi connectivity index (χ1n) is 9.80. The molecule has 7 nitrogen and oxygen atoms in total. The fraction of sp³-hybridized carbons (Fsp3) is 0.227. The molecule has 0 aliphatic carbocycles. The molecule has 5 heterocycles. The number of hydrogen-bond donors (Lipinski definition) is 1. The number of nitrogens with one attached hydrogen (secondary N) is 1. The molecule has 6 rings (SSSR count). The lowest BCUT2D eigenvalue weighted by Crippen LogP contribution is -2.13. The van der Waals surface area contributed by atoms with Crippen molar-refractivity contribution in [3.05, 3.63) is 65.4 Å². The first kappa shape index (κ1) is 17.2. The number of anilines is 1. The summed E-state index contributed by atoms with van der Waals surface area (Å²) in [4.78, 5) is 4.64. The highest BCUT2D eigenvalue weighted by Gasteiger charge is 2.31. The van der Waals surface area contributed by atoms with E-state index >= 15 is 0 Å². The van der Waals surface area contributed by atoms with Gasteiger partial charge in [-0.2, -0.15) is 0 Å². The minimum atomic E-state index is -0.249. The average molecular weight is 403 g/mol. The number of hydrogen-bond acceptors (Lipinski definition) is 6. The molecule has 1 atom stereocenters. The predicted molar refractivity (Wildman–Crippen MR) is 108 cm³/mol. The zero-order valence-electron chi connectivity index (χ0n) is 16.2.